The number of hydrogen-bond donors (Lipinski definition) is 2. The molecule has 3 N–H and O–H groups in total. The van der Waals surface area contributed by atoms with Gasteiger partial charge in [0.15, 0.2) is 0 Å². The van der Waals surface area contributed by atoms with Crippen LogP contribution in [-0.2, 0) is 14.8 Å². The number of nitrogens with one attached hydrogen (secondary N) is 1. The molecule has 0 spiro atoms. The molecule has 1 aliphatic heterocycles. The SMILES string of the molecule is CC(C)C(NC(=O)c1cc(C#N)cc(N(C2CN(C(c3ccc(Cl)cc3)c3ccc(Cl)cc3)C2)S(C)(=O)=O)c1)C(N)=O. The topological polar surface area (TPSA) is 137 Å². The number of halogens is 2. The first-order valence-corrected chi connectivity index (χ1v) is 15.8. The van der Waals surface area contributed by atoms with Gasteiger partial charge in [-0.25, -0.2) is 8.42 Å². The van der Waals surface area contributed by atoms with Crippen LogP contribution in [0.25, 0.3) is 0 Å². The normalized spacial score (nSPS) is 14.7. The largest absolute Gasteiger partial charge is 0.368 e. The van der Waals surface area contributed by atoms with Crippen molar-refractivity contribution in [2.75, 3.05) is 23.7 Å². The molecule has 3 aromatic carbocycles. The highest BCUT2D eigenvalue weighted by molar-refractivity contribution is 7.92. The fourth-order valence-corrected chi connectivity index (χ4v) is 6.56. The third kappa shape index (κ3) is 7.05. The van der Waals surface area contributed by atoms with Crippen LogP contribution in [0.2, 0.25) is 10.0 Å². The second kappa shape index (κ2) is 12.7. The van der Waals surface area contributed by atoms with Crippen LogP contribution in [0.5, 0.6) is 0 Å². The Balaban J connectivity index is 1.66. The summed E-state index contributed by atoms with van der Waals surface area (Å²) in [6, 6.07) is 19.6. The van der Waals surface area contributed by atoms with Gasteiger partial charge in [-0.05, 0) is 59.5 Å². The highest BCUT2D eigenvalue weighted by Gasteiger charge is 2.41. The van der Waals surface area contributed by atoms with E-state index in [1.165, 1.54) is 22.5 Å². The Morgan fingerprint density at radius 3 is 1.95 bits per heavy atom. The summed E-state index contributed by atoms with van der Waals surface area (Å²) in [5.74, 6) is -1.61. The molecule has 1 fully saturated rings. The van der Waals surface area contributed by atoms with Crippen LogP contribution in [-0.4, -0.2) is 56.6 Å². The minimum absolute atomic E-state index is 0.0426. The van der Waals surface area contributed by atoms with Gasteiger partial charge in [0.1, 0.15) is 6.04 Å². The summed E-state index contributed by atoms with van der Waals surface area (Å²) in [6.07, 6.45) is 1.09. The van der Waals surface area contributed by atoms with Crippen LogP contribution < -0.4 is 15.4 Å². The van der Waals surface area contributed by atoms with Crippen LogP contribution >= 0.6 is 23.2 Å². The smallest absolute Gasteiger partial charge is 0.252 e. The minimum Gasteiger partial charge on any atom is -0.368 e. The van der Waals surface area contributed by atoms with Crippen LogP contribution in [0.3, 0.4) is 0 Å². The molecule has 220 valence electrons. The highest BCUT2D eigenvalue weighted by Crippen LogP contribution is 2.37. The summed E-state index contributed by atoms with van der Waals surface area (Å²) >= 11 is 12.3. The summed E-state index contributed by atoms with van der Waals surface area (Å²) in [7, 11) is -3.83. The van der Waals surface area contributed by atoms with Gasteiger partial charge in [-0.3, -0.25) is 18.8 Å². The summed E-state index contributed by atoms with van der Waals surface area (Å²) < 4.78 is 27.5. The maximum absolute atomic E-state index is 13.1. The standard InChI is InChI=1S/C30H31Cl2N5O4S/c1-18(2)27(29(34)38)35-30(39)22-12-19(15-33)13-25(14-22)37(42(3,40)41)26-16-36(17-26)28(20-4-8-23(31)9-5-20)21-6-10-24(32)11-7-21/h4-14,18,26-28H,16-17H2,1-3H3,(H2,34,38)(H,35,39). The van der Waals surface area contributed by atoms with Crippen molar-refractivity contribution >= 4 is 50.7 Å². The van der Waals surface area contributed by atoms with E-state index in [4.69, 9.17) is 28.9 Å². The van der Waals surface area contributed by atoms with E-state index < -0.39 is 33.9 Å². The molecule has 9 nitrogen and oxygen atoms in total. The van der Waals surface area contributed by atoms with E-state index >= 15 is 0 Å². The lowest BCUT2D eigenvalue weighted by molar-refractivity contribution is -0.120. The van der Waals surface area contributed by atoms with Crippen molar-refractivity contribution in [3.05, 3.63) is 99.0 Å². The predicted molar refractivity (Wildman–Crippen MR) is 164 cm³/mol. The van der Waals surface area contributed by atoms with Crippen molar-refractivity contribution in [3.8, 4) is 6.07 Å². The number of rotatable bonds is 10. The average molecular weight is 629 g/mol. The average Bonchev–Trinajstić information content (AvgIpc) is 2.90. The zero-order valence-electron chi connectivity index (χ0n) is 23.3. The lowest BCUT2D eigenvalue weighted by atomic mass is 9.93. The Morgan fingerprint density at radius 2 is 1.52 bits per heavy atom. The first-order chi connectivity index (χ1) is 19.8. The number of nitrogens with zero attached hydrogens (tertiary/aromatic N) is 3. The summed E-state index contributed by atoms with van der Waals surface area (Å²) in [6.45, 7) is 4.22. The van der Waals surface area contributed by atoms with E-state index in [1.807, 2.05) is 54.6 Å². The van der Waals surface area contributed by atoms with Gasteiger partial charge in [0, 0.05) is 28.7 Å². The van der Waals surface area contributed by atoms with Crippen molar-refractivity contribution < 1.29 is 18.0 Å². The number of benzene rings is 3. The van der Waals surface area contributed by atoms with E-state index in [1.54, 1.807) is 13.8 Å². The second-order valence-corrected chi connectivity index (χ2v) is 13.4. The fraction of sp³-hybridized carbons (Fsp3) is 0.300. The van der Waals surface area contributed by atoms with Gasteiger partial charge in [-0.1, -0.05) is 61.3 Å². The van der Waals surface area contributed by atoms with E-state index in [0.29, 0.717) is 23.1 Å². The Kier molecular flexibility index (Phi) is 9.48. The molecule has 1 atom stereocenters. The molecule has 1 aliphatic rings. The number of nitrogens with two attached hydrogens (primary N) is 1. The molecule has 0 saturated carbocycles. The highest BCUT2D eigenvalue weighted by atomic mass is 35.5. The van der Waals surface area contributed by atoms with E-state index in [2.05, 4.69) is 10.2 Å². The van der Waals surface area contributed by atoms with Gasteiger partial charge in [0.05, 0.1) is 35.7 Å². The Bertz CT molecular complexity index is 1570. The molecule has 0 radical (unpaired) electrons. The number of sulfonamides is 1. The Morgan fingerprint density at radius 1 is 1.00 bits per heavy atom. The zero-order chi connectivity index (χ0) is 30.8. The summed E-state index contributed by atoms with van der Waals surface area (Å²) in [4.78, 5) is 27.1. The number of nitriles is 1. The van der Waals surface area contributed by atoms with Crippen molar-refractivity contribution in [2.24, 2.45) is 11.7 Å². The van der Waals surface area contributed by atoms with Gasteiger partial charge in [0.25, 0.3) is 5.91 Å². The molecular weight excluding hydrogens is 597 g/mol. The summed E-state index contributed by atoms with van der Waals surface area (Å²) in [5, 5.41) is 13.5. The van der Waals surface area contributed by atoms with Crippen molar-refractivity contribution in [1.82, 2.24) is 10.2 Å². The van der Waals surface area contributed by atoms with Gasteiger partial charge < -0.3 is 11.1 Å². The lowest BCUT2D eigenvalue weighted by Crippen LogP contribution is -2.61. The number of amides is 2. The molecule has 2 amide bonds. The lowest BCUT2D eigenvalue weighted by Gasteiger charge is -2.48. The molecule has 3 aromatic rings. The summed E-state index contributed by atoms with van der Waals surface area (Å²) in [5.41, 5.74) is 7.72. The first kappa shape index (κ1) is 31.3. The van der Waals surface area contributed by atoms with Crippen LogP contribution in [0.1, 0.15) is 46.9 Å². The molecule has 12 heteroatoms. The van der Waals surface area contributed by atoms with Crippen LogP contribution in [0.4, 0.5) is 5.69 Å². The van der Waals surface area contributed by atoms with Gasteiger partial charge in [-0.2, -0.15) is 5.26 Å². The minimum atomic E-state index is -3.83. The van der Waals surface area contributed by atoms with Gasteiger partial charge >= 0.3 is 0 Å². The molecular formula is C30H31Cl2N5O4S. The van der Waals surface area contributed by atoms with Crippen molar-refractivity contribution in [3.63, 3.8) is 0 Å². The predicted octanol–water partition coefficient (Wildman–Crippen LogP) is 4.34. The molecule has 42 heavy (non-hydrogen) atoms. The maximum Gasteiger partial charge on any atom is 0.252 e. The van der Waals surface area contributed by atoms with Crippen LogP contribution in [0.15, 0.2) is 66.7 Å². The van der Waals surface area contributed by atoms with Crippen molar-refractivity contribution in [1.29, 1.82) is 5.26 Å². The molecule has 0 aromatic heterocycles. The second-order valence-electron chi connectivity index (χ2n) is 10.7. The molecule has 0 aliphatic carbocycles. The Hall–Kier alpha value is -3.62. The monoisotopic (exact) mass is 627 g/mol. The number of carbonyl (C=O) groups excluding carboxylic acids is 2. The first-order valence-electron chi connectivity index (χ1n) is 13.2. The third-order valence-corrected chi connectivity index (χ3v) is 8.87. The quantitative estimate of drug-likeness (QED) is 0.343. The van der Waals surface area contributed by atoms with Crippen molar-refractivity contribution in [2.45, 2.75) is 32.0 Å². The number of carbonyl (C=O) groups is 2. The van der Waals surface area contributed by atoms with Gasteiger partial charge in [0.2, 0.25) is 15.9 Å². The fourth-order valence-electron chi connectivity index (χ4n) is 5.15. The number of anilines is 1. The number of hydrogen-bond acceptors (Lipinski definition) is 6. The number of primary amides is 1. The molecule has 1 saturated heterocycles. The zero-order valence-corrected chi connectivity index (χ0v) is 25.6. The molecule has 1 heterocycles. The van der Waals surface area contributed by atoms with Gasteiger partial charge in [-0.15, -0.1) is 0 Å². The third-order valence-electron chi connectivity index (χ3n) is 7.14. The van der Waals surface area contributed by atoms with E-state index in [0.717, 1.165) is 17.4 Å². The molecule has 0 bridgehead atoms. The Labute approximate surface area is 255 Å². The van der Waals surface area contributed by atoms with E-state index in [-0.39, 0.29) is 28.8 Å². The number of likely N-dealkylation sites (tertiary alicyclic amines) is 1. The maximum atomic E-state index is 13.1. The van der Waals surface area contributed by atoms with Crippen LogP contribution in [0, 0.1) is 17.2 Å². The molecule has 1 unspecified atom stereocenters. The van der Waals surface area contributed by atoms with E-state index in [9.17, 15) is 23.3 Å². The molecule has 4 rings (SSSR count).